The molecule has 28 heavy (non-hydrogen) atoms. The minimum atomic E-state index is -0.193. The largest absolute Gasteiger partial charge is 0.454 e. The Hall–Kier alpha value is -3.13. The topological polar surface area (TPSA) is 85.4 Å². The number of amides is 1. The molecule has 4 rings (SSSR count). The molecule has 1 unspecified atom stereocenters. The standard InChI is InChI=1S/C20H20N4O3S/c1-12-10-28-20(23-12)13(2)24-19(25)15-4-3-7-21-18(15)22-9-14-5-6-16-17(8-14)27-11-26-16/h3-8,10,13H,9,11H2,1-2H3,(H,21,22)(H,24,25). The van der Waals surface area contributed by atoms with E-state index in [1.54, 1.807) is 18.3 Å². The van der Waals surface area contributed by atoms with Crippen molar-refractivity contribution < 1.29 is 14.3 Å². The second-order valence-electron chi connectivity index (χ2n) is 6.46. The van der Waals surface area contributed by atoms with Crippen molar-refractivity contribution in [2.45, 2.75) is 26.4 Å². The summed E-state index contributed by atoms with van der Waals surface area (Å²) in [7, 11) is 0. The van der Waals surface area contributed by atoms with E-state index in [-0.39, 0.29) is 18.7 Å². The van der Waals surface area contributed by atoms with Gasteiger partial charge in [-0.05, 0) is 43.7 Å². The second-order valence-corrected chi connectivity index (χ2v) is 7.35. The number of nitrogens with one attached hydrogen (secondary N) is 2. The lowest BCUT2D eigenvalue weighted by atomic mass is 10.2. The molecule has 0 saturated heterocycles. The van der Waals surface area contributed by atoms with Crippen LogP contribution in [0.25, 0.3) is 0 Å². The zero-order valence-electron chi connectivity index (χ0n) is 15.6. The number of ether oxygens (including phenoxy) is 2. The number of hydrogen-bond acceptors (Lipinski definition) is 7. The number of carbonyl (C=O) groups excluding carboxylic acids is 1. The molecule has 0 spiro atoms. The van der Waals surface area contributed by atoms with Crippen molar-refractivity contribution in [2.75, 3.05) is 12.1 Å². The lowest BCUT2D eigenvalue weighted by Gasteiger charge is -2.14. The van der Waals surface area contributed by atoms with Gasteiger partial charge in [-0.1, -0.05) is 6.07 Å². The van der Waals surface area contributed by atoms with Crippen LogP contribution in [-0.2, 0) is 6.54 Å². The molecule has 2 aromatic heterocycles. The number of rotatable bonds is 6. The van der Waals surface area contributed by atoms with Crippen LogP contribution in [0.15, 0.2) is 41.9 Å². The van der Waals surface area contributed by atoms with Crippen LogP contribution in [0, 0.1) is 6.92 Å². The second kappa shape index (κ2) is 7.85. The fourth-order valence-electron chi connectivity index (χ4n) is 2.87. The highest BCUT2D eigenvalue weighted by Crippen LogP contribution is 2.32. The van der Waals surface area contributed by atoms with E-state index in [1.807, 2.05) is 37.4 Å². The maximum absolute atomic E-state index is 12.8. The first kappa shape index (κ1) is 18.2. The van der Waals surface area contributed by atoms with Crippen molar-refractivity contribution >= 4 is 23.1 Å². The molecule has 3 heterocycles. The highest BCUT2D eigenvalue weighted by Gasteiger charge is 2.18. The van der Waals surface area contributed by atoms with E-state index in [1.165, 1.54) is 11.3 Å². The van der Waals surface area contributed by atoms with Crippen molar-refractivity contribution in [2.24, 2.45) is 0 Å². The summed E-state index contributed by atoms with van der Waals surface area (Å²) >= 11 is 1.54. The van der Waals surface area contributed by atoms with Gasteiger partial charge >= 0.3 is 0 Å². The molecule has 0 aliphatic carbocycles. The molecule has 0 fully saturated rings. The number of fused-ring (bicyclic) bond motifs is 1. The van der Waals surface area contributed by atoms with Gasteiger partial charge in [-0.2, -0.15) is 0 Å². The molecular weight excluding hydrogens is 376 g/mol. The maximum Gasteiger partial charge on any atom is 0.255 e. The summed E-state index contributed by atoms with van der Waals surface area (Å²) in [5.74, 6) is 1.81. The molecule has 0 saturated carbocycles. The van der Waals surface area contributed by atoms with Gasteiger partial charge in [0, 0.05) is 23.8 Å². The van der Waals surface area contributed by atoms with Crippen molar-refractivity contribution in [1.82, 2.24) is 15.3 Å². The zero-order valence-corrected chi connectivity index (χ0v) is 16.4. The van der Waals surface area contributed by atoms with Crippen LogP contribution in [0.1, 0.15) is 39.6 Å². The molecule has 1 aliphatic rings. The van der Waals surface area contributed by atoms with Crippen LogP contribution < -0.4 is 20.1 Å². The summed E-state index contributed by atoms with van der Waals surface area (Å²) in [6, 6.07) is 9.08. The smallest absolute Gasteiger partial charge is 0.255 e. The van der Waals surface area contributed by atoms with Gasteiger partial charge in [0.15, 0.2) is 11.5 Å². The molecular formula is C20H20N4O3S. The Bertz CT molecular complexity index is 1000. The molecule has 0 radical (unpaired) electrons. The van der Waals surface area contributed by atoms with Crippen molar-refractivity contribution in [1.29, 1.82) is 0 Å². The average Bonchev–Trinajstić information content (AvgIpc) is 3.34. The summed E-state index contributed by atoms with van der Waals surface area (Å²) in [5.41, 5.74) is 2.45. The van der Waals surface area contributed by atoms with Gasteiger partial charge in [-0.15, -0.1) is 11.3 Å². The molecule has 1 aliphatic heterocycles. The summed E-state index contributed by atoms with van der Waals surface area (Å²) in [4.78, 5) is 21.5. The first-order valence-electron chi connectivity index (χ1n) is 8.90. The molecule has 0 bridgehead atoms. The van der Waals surface area contributed by atoms with E-state index >= 15 is 0 Å². The quantitative estimate of drug-likeness (QED) is 0.661. The zero-order chi connectivity index (χ0) is 19.5. The Morgan fingerprint density at radius 3 is 2.96 bits per heavy atom. The van der Waals surface area contributed by atoms with Gasteiger partial charge in [0.25, 0.3) is 5.91 Å². The SMILES string of the molecule is Cc1csc(C(C)NC(=O)c2cccnc2NCc2ccc3c(c2)OCO3)n1. The van der Waals surface area contributed by atoms with Gasteiger partial charge in [-0.25, -0.2) is 9.97 Å². The van der Waals surface area contributed by atoms with Crippen LogP contribution in [0.2, 0.25) is 0 Å². The van der Waals surface area contributed by atoms with Gasteiger partial charge in [0.05, 0.1) is 11.6 Å². The molecule has 1 amide bonds. The van der Waals surface area contributed by atoms with Gasteiger partial charge in [0.1, 0.15) is 10.8 Å². The first-order chi connectivity index (χ1) is 13.6. The Morgan fingerprint density at radius 1 is 1.29 bits per heavy atom. The first-order valence-corrected chi connectivity index (χ1v) is 9.78. The van der Waals surface area contributed by atoms with Gasteiger partial charge in [-0.3, -0.25) is 4.79 Å². The van der Waals surface area contributed by atoms with Gasteiger partial charge < -0.3 is 20.1 Å². The van der Waals surface area contributed by atoms with Crippen molar-refractivity contribution in [3.05, 3.63) is 63.7 Å². The highest BCUT2D eigenvalue weighted by molar-refractivity contribution is 7.09. The van der Waals surface area contributed by atoms with Gasteiger partial charge in [0.2, 0.25) is 6.79 Å². The van der Waals surface area contributed by atoms with E-state index in [2.05, 4.69) is 20.6 Å². The van der Waals surface area contributed by atoms with E-state index in [4.69, 9.17) is 9.47 Å². The number of aromatic nitrogens is 2. The van der Waals surface area contributed by atoms with E-state index in [9.17, 15) is 4.79 Å². The van der Waals surface area contributed by atoms with Crippen LogP contribution in [0.4, 0.5) is 5.82 Å². The van der Waals surface area contributed by atoms with Crippen LogP contribution in [0.5, 0.6) is 11.5 Å². The fraction of sp³-hybridized carbons (Fsp3) is 0.250. The number of benzene rings is 1. The number of nitrogens with zero attached hydrogens (tertiary/aromatic N) is 2. The molecule has 1 aromatic carbocycles. The Balaban J connectivity index is 1.45. The highest BCUT2D eigenvalue weighted by atomic mass is 32.1. The monoisotopic (exact) mass is 396 g/mol. The third kappa shape index (κ3) is 3.91. The number of hydrogen-bond donors (Lipinski definition) is 2. The molecule has 1 atom stereocenters. The molecule has 144 valence electrons. The summed E-state index contributed by atoms with van der Waals surface area (Å²) in [5, 5.41) is 9.08. The lowest BCUT2D eigenvalue weighted by Crippen LogP contribution is -2.27. The number of aryl methyl sites for hydroxylation is 1. The summed E-state index contributed by atoms with van der Waals surface area (Å²) in [6.45, 7) is 4.61. The summed E-state index contributed by atoms with van der Waals surface area (Å²) < 4.78 is 10.7. The average molecular weight is 396 g/mol. The van der Waals surface area contributed by atoms with Crippen molar-refractivity contribution in [3.8, 4) is 11.5 Å². The van der Waals surface area contributed by atoms with E-state index in [0.29, 0.717) is 17.9 Å². The molecule has 8 heteroatoms. The Labute approximate surface area is 166 Å². The van der Waals surface area contributed by atoms with E-state index in [0.717, 1.165) is 27.8 Å². The number of anilines is 1. The predicted octanol–water partition coefficient (Wildman–Crippen LogP) is 3.68. The predicted molar refractivity (Wildman–Crippen MR) is 107 cm³/mol. The lowest BCUT2D eigenvalue weighted by molar-refractivity contribution is 0.0940. The minimum absolute atomic E-state index is 0.173. The molecule has 2 N–H and O–H groups in total. The van der Waals surface area contributed by atoms with Crippen molar-refractivity contribution in [3.63, 3.8) is 0 Å². The molecule has 3 aromatic rings. The fourth-order valence-corrected chi connectivity index (χ4v) is 3.68. The Kier molecular flexibility index (Phi) is 5.12. The normalized spacial score (nSPS) is 13.2. The number of thiazole rings is 1. The van der Waals surface area contributed by atoms with Crippen LogP contribution in [-0.4, -0.2) is 22.7 Å². The van der Waals surface area contributed by atoms with E-state index < -0.39 is 0 Å². The third-order valence-corrected chi connectivity index (χ3v) is 5.45. The van der Waals surface area contributed by atoms with Crippen LogP contribution in [0.3, 0.4) is 0 Å². The number of pyridine rings is 1. The minimum Gasteiger partial charge on any atom is -0.454 e. The molecule has 7 nitrogen and oxygen atoms in total. The summed E-state index contributed by atoms with van der Waals surface area (Å²) in [6.07, 6.45) is 1.66. The third-order valence-electron chi connectivity index (χ3n) is 4.30. The number of carbonyl (C=O) groups is 1. The maximum atomic E-state index is 12.8. The van der Waals surface area contributed by atoms with Crippen LogP contribution >= 0.6 is 11.3 Å². The Morgan fingerprint density at radius 2 is 2.14 bits per heavy atom.